The van der Waals surface area contributed by atoms with E-state index in [4.69, 9.17) is 21.6 Å². The topological polar surface area (TPSA) is 66.2 Å². The summed E-state index contributed by atoms with van der Waals surface area (Å²) in [5.74, 6) is -0.216. The summed E-state index contributed by atoms with van der Waals surface area (Å²) in [6.07, 6.45) is 2.39. The first-order chi connectivity index (χ1) is 8.22. The average molecular weight is 252 g/mol. The standard InChI is InChI=1S/C11H10ClN3O2/c12-10-1-2-14-6-9(10)11(16)15-3-4-17-8(5-13)7-15/h1-2,6,8H,3-4,7H2. The van der Waals surface area contributed by atoms with Crippen LogP contribution in [0, 0.1) is 11.3 Å². The average Bonchev–Trinajstić information content (AvgIpc) is 2.38. The van der Waals surface area contributed by atoms with Gasteiger partial charge in [-0.25, -0.2) is 0 Å². The number of carbonyl (C=O) groups excluding carboxylic acids is 1. The minimum atomic E-state index is -0.567. The van der Waals surface area contributed by atoms with Crippen LogP contribution >= 0.6 is 11.6 Å². The summed E-state index contributed by atoms with van der Waals surface area (Å²) in [6.45, 7) is 1.09. The van der Waals surface area contributed by atoms with Crippen molar-refractivity contribution in [3.8, 4) is 6.07 Å². The summed E-state index contributed by atoms with van der Waals surface area (Å²) in [5.41, 5.74) is 0.354. The number of rotatable bonds is 1. The van der Waals surface area contributed by atoms with Crippen molar-refractivity contribution in [2.45, 2.75) is 6.10 Å². The van der Waals surface area contributed by atoms with Gasteiger partial charge in [0.25, 0.3) is 5.91 Å². The lowest BCUT2D eigenvalue weighted by Gasteiger charge is -2.29. The minimum Gasteiger partial charge on any atom is -0.360 e. The van der Waals surface area contributed by atoms with Gasteiger partial charge < -0.3 is 9.64 Å². The maximum atomic E-state index is 12.1. The number of ether oxygens (including phenoxy) is 1. The van der Waals surface area contributed by atoms with Gasteiger partial charge in [0.1, 0.15) is 0 Å². The Balaban J connectivity index is 2.16. The molecular formula is C11H10ClN3O2. The summed E-state index contributed by atoms with van der Waals surface area (Å²) in [5, 5.41) is 9.13. The first kappa shape index (κ1) is 11.8. The fourth-order valence-electron chi connectivity index (χ4n) is 1.62. The Morgan fingerprint density at radius 1 is 1.71 bits per heavy atom. The van der Waals surface area contributed by atoms with E-state index in [9.17, 15) is 4.79 Å². The van der Waals surface area contributed by atoms with E-state index < -0.39 is 6.10 Å². The van der Waals surface area contributed by atoms with Gasteiger partial charge in [-0.3, -0.25) is 9.78 Å². The molecule has 88 valence electrons. The number of morpholine rings is 1. The summed E-state index contributed by atoms with van der Waals surface area (Å²) in [7, 11) is 0. The van der Waals surface area contributed by atoms with Gasteiger partial charge in [0.05, 0.1) is 29.8 Å². The Labute approximate surface area is 104 Å². The number of hydrogen-bond donors (Lipinski definition) is 0. The number of nitrogens with zero attached hydrogens (tertiary/aromatic N) is 3. The van der Waals surface area contributed by atoms with Crippen molar-refractivity contribution >= 4 is 17.5 Å². The van der Waals surface area contributed by atoms with E-state index in [1.54, 1.807) is 11.0 Å². The van der Waals surface area contributed by atoms with E-state index >= 15 is 0 Å². The molecule has 1 aliphatic heterocycles. The van der Waals surface area contributed by atoms with Crippen LogP contribution in [0.3, 0.4) is 0 Å². The summed E-state index contributed by atoms with van der Waals surface area (Å²) in [4.78, 5) is 17.5. The van der Waals surface area contributed by atoms with Crippen LogP contribution < -0.4 is 0 Å². The fourth-order valence-corrected chi connectivity index (χ4v) is 1.80. The van der Waals surface area contributed by atoms with Crippen molar-refractivity contribution in [1.29, 1.82) is 5.26 Å². The molecular weight excluding hydrogens is 242 g/mol. The quantitative estimate of drug-likeness (QED) is 0.750. The predicted octanol–water partition coefficient (Wildman–Crippen LogP) is 1.10. The van der Waals surface area contributed by atoms with Crippen LogP contribution in [0.4, 0.5) is 0 Å². The lowest BCUT2D eigenvalue weighted by atomic mass is 10.2. The van der Waals surface area contributed by atoms with E-state index in [2.05, 4.69) is 4.98 Å². The molecule has 1 fully saturated rings. The Morgan fingerprint density at radius 3 is 3.24 bits per heavy atom. The molecule has 0 spiro atoms. The van der Waals surface area contributed by atoms with E-state index in [1.165, 1.54) is 12.4 Å². The SMILES string of the molecule is N#CC1CN(C(=O)c2cnccc2Cl)CCO1. The van der Waals surface area contributed by atoms with Crippen LogP contribution in [-0.4, -0.2) is 41.6 Å². The molecule has 2 rings (SSSR count). The molecule has 0 aliphatic carbocycles. The summed E-state index contributed by atoms with van der Waals surface area (Å²) < 4.78 is 5.17. The highest BCUT2D eigenvalue weighted by Crippen LogP contribution is 2.17. The highest BCUT2D eigenvalue weighted by atomic mass is 35.5. The molecule has 1 aromatic heterocycles. The van der Waals surface area contributed by atoms with E-state index in [0.717, 1.165) is 0 Å². The fraction of sp³-hybridized carbons (Fsp3) is 0.364. The molecule has 1 unspecified atom stereocenters. The molecule has 0 bridgehead atoms. The van der Waals surface area contributed by atoms with E-state index in [0.29, 0.717) is 23.7 Å². The van der Waals surface area contributed by atoms with Crippen LogP contribution in [0.15, 0.2) is 18.5 Å². The summed E-state index contributed by atoms with van der Waals surface area (Å²) in [6, 6.07) is 3.56. The van der Waals surface area contributed by atoms with E-state index in [-0.39, 0.29) is 12.5 Å². The Morgan fingerprint density at radius 2 is 2.53 bits per heavy atom. The van der Waals surface area contributed by atoms with Crippen molar-refractivity contribution < 1.29 is 9.53 Å². The molecule has 6 heteroatoms. The van der Waals surface area contributed by atoms with Gasteiger partial charge in [-0.1, -0.05) is 11.6 Å². The van der Waals surface area contributed by atoms with Gasteiger partial charge in [-0.05, 0) is 6.07 Å². The molecule has 1 aromatic rings. The normalized spacial score (nSPS) is 19.8. The number of aromatic nitrogens is 1. The van der Waals surface area contributed by atoms with Crippen molar-refractivity contribution in [1.82, 2.24) is 9.88 Å². The molecule has 5 nitrogen and oxygen atoms in total. The first-order valence-corrected chi connectivity index (χ1v) is 5.50. The third-order valence-corrected chi connectivity index (χ3v) is 2.83. The molecule has 0 aromatic carbocycles. The minimum absolute atomic E-state index is 0.216. The van der Waals surface area contributed by atoms with E-state index in [1.807, 2.05) is 6.07 Å². The Kier molecular flexibility index (Phi) is 3.57. The number of amides is 1. The highest BCUT2D eigenvalue weighted by molar-refractivity contribution is 6.33. The Bertz CT molecular complexity index is 472. The molecule has 0 N–H and O–H groups in total. The van der Waals surface area contributed by atoms with Crippen LogP contribution in [0.5, 0.6) is 0 Å². The van der Waals surface area contributed by atoms with Crippen molar-refractivity contribution in [2.75, 3.05) is 19.7 Å². The van der Waals surface area contributed by atoms with Crippen LogP contribution in [0.25, 0.3) is 0 Å². The number of carbonyl (C=O) groups is 1. The van der Waals surface area contributed by atoms with Crippen molar-refractivity contribution in [3.63, 3.8) is 0 Å². The van der Waals surface area contributed by atoms with Crippen molar-refractivity contribution in [2.24, 2.45) is 0 Å². The molecule has 1 saturated heterocycles. The van der Waals surface area contributed by atoms with Gasteiger partial charge in [0, 0.05) is 18.9 Å². The third kappa shape index (κ3) is 2.54. The largest absolute Gasteiger partial charge is 0.360 e. The molecule has 1 amide bonds. The van der Waals surface area contributed by atoms with Crippen LogP contribution in [0.1, 0.15) is 10.4 Å². The molecule has 1 aliphatic rings. The molecule has 2 heterocycles. The molecule has 1 atom stereocenters. The van der Waals surface area contributed by atoms with Crippen molar-refractivity contribution in [3.05, 3.63) is 29.0 Å². The number of halogens is 1. The van der Waals surface area contributed by atoms with Gasteiger partial charge in [0.15, 0.2) is 6.10 Å². The highest BCUT2D eigenvalue weighted by Gasteiger charge is 2.25. The number of nitriles is 1. The third-order valence-electron chi connectivity index (χ3n) is 2.50. The second-order valence-corrected chi connectivity index (χ2v) is 4.00. The summed E-state index contributed by atoms with van der Waals surface area (Å²) >= 11 is 5.92. The zero-order chi connectivity index (χ0) is 12.3. The number of hydrogen-bond acceptors (Lipinski definition) is 4. The smallest absolute Gasteiger partial charge is 0.257 e. The lowest BCUT2D eigenvalue weighted by Crippen LogP contribution is -2.45. The van der Waals surface area contributed by atoms with Crippen LogP contribution in [0.2, 0.25) is 5.02 Å². The van der Waals surface area contributed by atoms with Crippen LogP contribution in [-0.2, 0) is 4.74 Å². The second kappa shape index (κ2) is 5.13. The van der Waals surface area contributed by atoms with Gasteiger partial charge in [-0.2, -0.15) is 5.26 Å². The maximum Gasteiger partial charge on any atom is 0.257 e. The van der Waals surface area contributed by atoms with Gasteiger partial charge >= 0.3 is 0 Å². The number of pyridine rings is 1. The second-order valence-electron chi connectivity index (χ2n) is 3.60. The van der Waals surface area contributed by atoms with Gasteiger partial charge in [-0.15, -0.1) is 0 Å². The van der Waals surface area contributed by atoms with Gasteiger partial charge in [0.2, 0.25) is 0 Å². The lowest BCUT2D eigenvalue weighted by molar-refractivity contribution is 0.00345. The predicted molar refractivity (Wildman–Crippen MR) is 60.5 cm³/mol. The maximum absolute atomic E-state index is 12.1. The first-order valence-electron chi connectivity index (χ1n) is 5.12. The Hall–Kier alpha value is -1.64. The molecule has 0 radical (unpaired) electrons. The monoisotopic (exact) mass is 251 g/mol. The molecule has 17 heavy (non-hydrogen) atoms. The zero-order valence-electron chi connectivity index (χ0n) is 8.97. The zero-order valence-corrected chi connectivity index (χ0v) is 9.72. The molecule has 0 saturated carbocycles.